The van der Waals surface area contributed by atoms with Crippen molar-refractivity contribution in [2.45, 2.75) is 0 Å². The van der Waals surface area contributed by atoms with Gasteiger partial charge in [-0.05, 0) is 41.8 Å². The highest BCUT2D eigenvalue weighted by Gasteiger charge is 2.21. The first-order chi connectivity index (χ1) is 8.74. The molecule has 18 heavy (non-hydrogen) atoms. The molecule has 0 aliphatic carbocycles. The Morgan fingerprint density at radius 3 is 2.72 bits per heavy atom. The standard InChI is InChI=1S/C13H10F2N2S/c14-10-6-9(7-11(15)8-10)12-2-1-3-17-4-5-18-16-13(12)17/h1-3,6-8H,4-5H2. The average Bonchev–Trinajstić information content (AvgIpc) is 2.37. The van der Waals surface area contributed by atoms with Crippen molar-refractivity contribution in [2.24, 2.45) is 4.40 Å². The fraction of sp³-hybridized carbons (Fsp3) is 0.154. The van der Waals surface area contributed by atoms with Crippen LogP contribution in [0.3, 0.4) is 0 Å². The van der Waals surface area contributed by atoms with E-state index in [0.29, 0.717) is 5.56 Å². The molecular formula is C13H10F2N2S. The lowest BCUT2D eigenvalue weighted by Gasteiger charge is -2.29. The highest BCUT2D eigenvalue weighted by molar-refractivity contribution is 7.98. The minimum absolute atomic E-state index is 0.517. The zero-order valence-corrected chi connectivity index (χ0v) is 10.3. The SMILES string of the molecule is Fc1cc(F)cc(C2=CC=CN3CCSN=C23)c1. The molecule has 0 aromatic heterocycles. The van der Waals surface area contributed by atoms with Crippen LogP contribution in [0.5, 0.6) is 0 Å². The van der Waals surface area contributed by atoms with E-state index >= 15 is 0 Å². The van der Waals surface area contributed by atoms with E-state index in [2.05, 4.69) is 4.40 Å². The van der Waals surface area contributed by atoms with Crippen molar-refractivity contribution in [1.82, 2.24) is 4.90 Å². The molecule has 0 unspecified atom stereocenters. The van der Waals surface area contributed by atoms with E-state index in [-0.39, 0.29) is 0 Å². The van der Waals surface area contributed by atoms with Crippen molar-refractivity contribution >= 4 is 23.4 Å². The maximum absolute atomic E-state index is 13.3. The third kappa shape index (κ3) is 2.06. The normalized spacial score (nSPS) is 18.2. The topological polar surface area (TPSA) is 15.6 Å². The predicted molar refractivity (Wildman–Crippen MR) is 70.1 cm³/mol. The molecule has 1 aromatic carbocycles. The fourth-order valence-electron chi connectivity index (χ4n) is 2.01. The summed E-state index contributed by atoms with van der Waals surface area (Å²) in [6.07, 6.45) is 5.63. The van der Waals surface area contributed by atoms with E-state index in [1.807, 2.05) is 23.3 Å². The average molecular weight is 264 g/mol. The molecule has 0 atom stereocenters. The van der Waals surface area contributed by atoms with Gasteiger partial charge in [-0.15, -0.1) is 0 Å². The number of hydrogen-bond donors (Lipinski definition) is 0. The number of halogens is 2. The lowest BCUT2D eigenvalue weighted by atomic mass is 10.0. The van der Waals surface area contributed by atoms with Gasteiger partial charge in [0, 0.05) is 30.1 Å². The van der Waals surface area contributed by atoms with E-state index in [4.69, 9.17) is 0 Å². The summed E-state index contributed by atoms with van der Waals surface area (Å²) in [5.41, 5.74) is 1.27. The molecule has 92 valence electrons. The molecule has 2 aliphatic rings. The number of benzene rings is 1. The van der Waals surface area contributed by atoms with Crippen molar-refractivity contribution < 1.29 is 8.78 Å². The Hall–Kier alpha value is -1.62. The summed E-state index contributed by atoms with van der Waals surface area (Å²) in [6, 6.07) is 3.53. The zero-order chi connectivity index (χ0) is 12.5. The lowest BCUT2D eigenvalue weighted by Crippen LogP contribution is -2.32. The van der Waals surface area contributed by atoms with Crippen LogP contribution < -0.4 is 0 Å². The Kier molecular flexibility index (Phi) is 2.91. The molecule has 2 aliphatic heterocycles. The molecule has 0 bridgehead atoms. The first-order valence-electron chi connectivity index (χ1n) is 5.56. The number of allylic oxidation sites excluding steroid dienone is 2. The second kappa shape index (κ2) is 4.57. The monoisotopic (exact) mass is 264 g/mol. The number of nitrogens with zero attached hydrogens (tertiary/aromatic N) is 2. The van der Waals surface area contributed by atoms with Crippen molar-refractivity contribution in [3.63, 3.8) is 0 Å². The third-order valence-electron chi connectivity index (χ3n) is 2.79. The molecule has 0 saturated heterocycles. The predicted octanol–water partition coefficient (Wildman–Crippen LogP) is 3.24. The van der Waals surface area contributed by atoms with Crippen LogP contribution in [0, 0.1) is 11.6 Å². The maximum Gasteiger partial charge on any atom is 0.148 e. The Bertz CT molecular complexity index is 558. The largest absolute Gasteiger partial charge is 0.331 e. The van der Waals surface area contributed by atoms with Gasteiger partial charge in [-0.2, -0.15) is 4.40 Å². The number of amidine groups is 1. The van der Waals surface area contributed by atoms with Crippen LogP contribution in [0.4, 0.5) is 8.78 Å². The van der Waals surface area contributed by atoms with Crippen LogP contribution in [0.1, 0.15) is 5.56 Å². The van der Waals surface area contributed by atoms with Crippen LogP contribution >= 0.6 is 11.9 Å². The third-order valence-corrected chi connectivity index (χ3v) is 3.46. The van der Waals surface area contributed by atoms with E-state index in [9.17, 15) is 8.78 Å². The van der Waals surface area contributed by atoms with Crippen LogP contribution in [-0.4, -0.2) is 23.0 Å². The number of hydrogen-bond acceptors (Lipinski definition) is 3. The molecule has 5 heteroatoms. The summed E-state index contributed by atoms with van der Waals surface area (Å²) < 4.78 is 30.9. The Morgan fingerprint density at radius 1 is 1.17 bits per heavy atom. The van der Waals surface area contributed by atoms with Crippen LogP contribution in [-0.2, 0) is 0 Å². The van der Waals surface area contributed by atoms with Gasteiger partial charge in [-0.3, -0.25) is 0 Å². The molecule has 2 heterocycles. The smallest absolute Gasteiger partial charge is 0.148 e. The van der Waals surface area contributed by atoms with Crippen molar-refractivity contribution in [1.29, 1.82) is 0 Å². The van der Waals surface area contributed by atoms with Gasteiger partial charge in [0.2, 0.25) is 0 Å². The number of rotatable bonds is 1. The summed E-state index contributed by atoms with van der Waals surface area (Å²) in [4.78, 5) is 1.99. The lowest BCUT2D eigenvalue weighted by molar-refractivity contribution is 0.581. The molecular weight excluding hydrogens is 254 g/mol. The second-order valence-corrected chi connectivity index (χ2v) is 4.87. The van der Waals surface area contributed by atoms with E-state index in [1.54, 1.807) is 0 Å². The van der Waals surface area contributed by atoms with Gasteiger partial charge < -0.3 is 4.90 Å². The Labute approximate surface area is 108 Å². The van der Waals surface area contributed by atoms with Crippen LogP contribution in [0.25, 0.3) is 5.57 Å². The van der Waals surface area contributed by atoms with Gasteiger partial charge in [0.1, 0.15) is 17.5 Å². The molecule has 1 aromatic rings. The summed E-state index contributed by atoms with van der Waals surface area (Å²) in [6.45, 7) is 0.856. The van der Waals surface area contributed by atoms with Crippen molar-refractivity contribution in [3.05, 3.63) is 53.7 Å². The van der Waals surface area contributed by atoms with Crippen molar-refractivity contribution in [3.8, 4) is 0 Å². The zero-order valence-electron chi connectivity index (χ0n) is 9.44. The minimum Gasteiger partial charge on any atom is -0.331 e. The molecule has 3 rings (SSSR count). The maximum atomic E-state index is 13.3. The summed E-state index contributed by atoms with van der Waals surface area (Å²) >= 11 is 1.47. The molecule has 0 spiro atoms. The first kappa shape index (κ1) is 11.5. The van der Waals surface area contributed by atoms with E-state index in [0.717, 1.165) is 29.8 Å². The number of fused-ring (bicyclic) bond motifs is 1. The fourth-order valence-corrected chi connectivity index (χ4v) is 2.70. The van der Waals surface area contributed by atoms with Gasteiger partial charge in [0.25, 0.3) is 0 Å². The summed E-state index contributed by atoms with van der Waals surface area (Å²) in [7, 11) is 0. The van der Waals surface area contributed by atoms with Crippen LogP contribution in [0.2, 0.25) is 0 Å². The molecule has 0 radical (unpaired) electrons. The molecule has 0 N–H and O–H groups in total. The molecule has 0 amide bonds. The second-order valence-electron chi connectivity index (χ2n) is 4.02. The van der Waals surface area contributed by atoms with Crippen LogP contribution in [0.15, 0.2) is 40.9 Å². The summed E-state index contributed by atoms with van der Waals surface area (Å²) in [5, 5.41) is 0. The van der Waals surface area contributed by atoms with Gasteiger partial charge >= 0.3 is 0 Å². The Balaban J connectivity index is 2.07. The minimum atomic E-state index is -0.573. The van der Waals surface area contributed by atoms with E-state index in [1.165, 1.54) is 24.1 Å². The van der Waals surface area contributed by atoms with Crippen molar-refractivity contribution in [2.75, 3.05) is 12.3 Å². The molecule has 0 fully saturated rings. The van der Waals surface area contributed by atoms with E-state index < -0.39 is 11.6 Å². The molecule has 2 nitrogen and oxygen atoms in total. The van der Waals surface area contributed by atoms with Gasteiger partial charge in [0.05, 0.1) is 0 Å². The highest BCUT2D eigenvalue weighted by Crippen LogP contribution is 2.27. The van der Waals surface area contributed by atoms with Gasteiger partial charge in [-0.1, -0.05) is 0 Å². The first-order valence-corrected chi connectivity index (χ1v) is 6.50. The highest BCUT2D eigenvalue weighted by atomic mass is 32.2. The summed E-state index contributed by atoms with van der Waals surface area (Å²) in [5.74, 6) is 0.532. The quantitative estimate of drug-likeness (QED) is 0.724. The molecule has 0 saturated carbocycles. The van der Waals surface area contributed by atoms with Gasteiger partial charge in [0.15, 0.2) is 0 Å². The Morgan fingerprint density at radius 2 is 1.94 bits per heavy atom. The van der Waals surface area contributed by atoms with Gasteiger partial charge in [-0.25, -0.2) is 8.78 Å².